The number of carbonyl (C=O) groups excluding carboxylic acids is 1. The van der Waals surface area contributed by atoms with Gasteiger partial charge in [-0.15, -0.1) is 0 Å². The average molecular weight is 344 g/mol. The molecule has 0 aliphatic rings. The molecular formula is C14H9BrF3NO. The van der Waals surface area contributed by atoms with Crippen LogP contribution in [0.2, 0.25) is 0 Å². The molecule has 2 N–H and O–H groups in total. The zero-order valence-corrected chi connectivity index (χ0v) is 11.6. The molecule has 0 atom stereocenters. The van der Waals surface area contributed by atoms with E-state index < -0.39 is 28.8 Å². The van der Waals surface area contributed by atoms with Crippen LogP contribution in [0.4, 0.5) is 18.9 Å². The Morgan fingerprint density at radius 2 is 1.70 bits per heavy atom. The Labute approximate surface area is 121 Å². The van der Waals surface area contributed by atoms with Crippen LogP contribution in [-0.2, 0) is 6.18 Å². The van der Waals surface area contributed by atoms with Crippen LogP contribution in [0, 0.1) is 0 Å². The van der Waals surface area contributed by atoms with Gasteiger partial charge < -0.3 is 5.73 Å². The van der Waals surface area contributed by atoms with Crippen molar-refractivity contribution in [2.75, 3.05) is 5.73 Å². The first-order valence-electron chi connectivity index (χ1n) is 5.56. The summed E-state index contributed by atoms with van der Waals surface area (Å²) in [5.41, 5.74) is 3.55. The Morgan fingerprint density at radius 3 is 2.25 bits per heavy atom. The van der Waals surface area contributed by atoms with E-state index in [9.17, 15) is 18.0 Å². The molecule has 0 bridgehead atoms. The number of hydrogen-bond donors (Lipinski definition) is 1. The van der Waals surface area contributed by atoms with Crippen LogP contribution in [0.1, 0.15) is 21.5 Å². The number of alkyl halides is 3. The van der Waals surface area contributed by atoms with Crippen molar-refractivity contribution >= 4 is 27.4 Å². The molecule has 0 radical (unpaired) electrons. The number of halogens is 4. The number of carbonyl (C=O) groups is 1. The molecule has 0 saturated heterocycles. The summed E-state index contributed by atoms with van der Waals surface area (Å²) in [6.07, 6.45) is -4.69. The van der Waals surface area contributed by atoms with Crippen LogP contribution in [-0.4, -0.2) is 5.78 Å². The van der Waals surface area contributed by atoms with Gasteiger partial charge in [0.1, 0.15) is 0 Å². The molecule has 0 aliphatic carbocycles. The topological polar surface area (TPSA) is 43.1 Å². The minimum Gasteiger partial charge on any atom is -0.398 e. The van der Waals surface area contributed by atoms with Gasteiger partial charge in [0.25, 0.3) is 0 Å². The molecule has 20 heavy (non-hydrogen) atoms. The number of rotatable bonds is 2. The van der Waals surface area contributed by atoms with Crippen LogP contribution < -0.4 is 5.73 Å². The number of benzene rings is 2. The molecule has 104 valence electrons. The summed E-state index contributed by atoms with van der Waals surface area (Å²) >= 11 is 3.06. The van der Waals surface area contributed by atoms with Crippen molar-refractivity contribution in [3.05, 3.63) is 63.6 Å². The molecular weight excluding hydrogens is 335 g/mol. The van der Waals surface area contributed by atoms with Crippen molar-refractivity contribution in [1.82, 2.24) is 0 Å². The van der Waals surface area contributed by atoms with E-state index in [1.807, 2.05) is 0 Å². The predicted octanol–water partition coefficient (Wildman–Crippen LogP) is 4.28. The molecule has 2 rings (SSSR count). The Balaban J connectivity index is 2.65. The van der Waals surface area contributed by atoms with Crippen LogP contribution in [0.15, 0.2) is 46.9 Å². The molecule has 2 aromatic rings. The maximum atomic E-state index is 13.1. The van der Waals surface area contributed by atoms with Crippen LogP contribution in [0.5, 0.6) is 0 Å². The van der Waals surface area contributed by atoms with Crippen molar-refractivity contribution < 1.29 is 18.0 Å². The summed E-state index contributed by atoms with van der Waals surface area (Å²) in [6.45, 7) is 0. The Kier molecular flexibility index (Phi) is 3.85. The summed E-state index contributed by atoms with van der Waals surface area (Å²) in [5, 5.41) is 0. The second-order valence-corrected chi connectivity index (χ2v) is 5.03. The number of nitrogens with two attached hydrogens (primary N) is 1. The Hall–Kier alpha value is -1.82. The van der Waals surface area contributed by atoms with Gasteiger partial charge >= 0.3 is 6.18 Å². The number of hydrogen-bond acceptors (Lipinski definition) is 2. The molecule has 0 spiro atoms. The van der Waals surface area contributed by atoms with E-state index in [1.54, 1.807) is 18.2 Å². The number of nitrogen functional groups attached to an aromatic ring is 1. The van der Waals surface area contributed by atoms with Crippen molar-refractivity contribution in [2.45, 2.75) is 6.18 Å². The van der Waals surface area contributed by atoms with E-state index in [-0.39, 0.29) is 5.56 Å². The summed E-state index contributed by atoms with van der Waals surface area (Å²) < 4.78 is 39.5. The predicted molar refractivity (Wildman–Crippen MR) is 73.4 cm³/mol. The largest absolute Gasteiger partial charge is 0.419 e. The molecule has 0 heterocycles. The van der Waals surface area contributed by atoms with Gasteiger partial charge in [0.05, 0.1) is 5.56 Å². The zero-order valence-electron chi connectivity index (χ0n) is 10.0. The van der Waals surface area contributed by atoms with Gasteiger partial charge in [-0.1, -0.05) is 46.3 Å². The first-order valence-corrected chi connectivity index (χ1v) is 6.36. The third-order valence-electron chi connectivity index (χ3n) is 2.70. The maximum Gasteiger partial charge on any atom is 0.419 e. The van der Waals surface area contributed by atoms with E-state index in [0.717, 1.165) is 12.1 Å². The fourth-order valence-corrected chi connectivity index (χ4v) is 2.34. The van der Waals surface area contributed by atoms with Crippen molar-refractivity contribution in [1.29, 1.82) is 0 Å². The van der Waals surface area contributed by atoms with E-state index in [4.69, 9.17) is 5.73 Å². The highest BCUT2D eigenvalue weighted by Crippen LogP contribution is 2.38. The van der Waals surface area contributed by atoms with Gasteiger partial charge in [0, 0.05) is 21.3 Å². The van der Waals surface area contributed by atoms with E-state index in [0.29, 0.717) is 4.47 Å². The molecule has 2 aromatic carbocycles. The second kappa shape index (κ2) is 5.28. The number of anilines is 1. The molecule has 0 saturated carbocycles. The minimum atomic E-state index is -4.69. The van der Waals surface area contributed by atoms with E-state index in [1.165, 1.54) is 12.1 Å². The molecule has 0 aliphatic heterocycles. The maximum absolute atomic E-state index is 13.1. The highest BCUT2D eigenvalue weighted by Gasteiger charge is 2.38. The summed E-state index contributed by atoms with van der Waals surface area (Å²) in [4.78, 5) is 12.2. The fourth-order valence-electron chi connectivity index (χ4n) is 1.87. The molecule has 2 nitrogen and oxygen atoms in total. The lowest BCUT2D eigenvalue weighted by molar-refractivity contribution is -0.137. The SMILES string of the molecule is Nc1cc(Br)cc(C(=O)c2ccccc2)c1C(F)(F)F. The Morgan fingerprint density at radius 1 is 1.10 bits per heavy atom. The van der Waals surface area contributed by atoms with Gasteiger partial charge in [-0.05, 0) is 12.1 Å². The molecule has 0 amide bonds. The van der Waals surface area contributed by atoms with E-state index in [2.05, 4.69) is 15.9 Å². The summed E-state index contributed by atoms with van der Waals surface area (Å²) in [5.74, 6) is -0.717. The van der Waals surface area contributed by atoms with E-state index >= 15 is 0 Å². The van der Waals surface area contributed by atoms with Gasteiger partial charge in [-0.25, -0.2) is 0 Å². The summed E-state index contributed by atoms with van der Waals surface area (Å²) in [6, 6.07) is 10.0. The first kappa shape index (κ1) is 14.6. The highest BCUT2D eigenvalue weighted by atomic mass is 79.9. The monoisotopic (exact) mass is 343 g/mol. The van der Waals surface area contributed by atoms with Crippen molar-refractivity contribution in [2.24, 2.45) is 0 Å². The third kappa shape index (κ3) is 2.85. The fraction of sp³-hybridized carbons (Fsp3) is 0.0714. The van der Waals surface area contributed by atoms with Gasteiger partial charge in [-0.2, -0.15) is 13.2 Å². The lowest BCUT2D eigenvalue weighted by atomic mass is 9.97. The van der Waals surface area contributed by atoms with Crippen molar-refractivity contribution in [3.63, 3.8) is 0 Å². The van der Waals surface area contributed by atoms with Gasteiger partial charge in [0.2, 0.25) is 0 Å². The minimum absolute atomic E-state index is 0.176. The first-order chi connectivity index (χ1) is 9.30. The molecule has 0 fully saturated rings. The lowest BCUT2D eigenvalue weighted by Crippen LogP contribution is -2.16. The standard InChI is InChI=1S/C14H9BrF3NO/c15-9-6-10(12(11(19)7-9)14(16,17)18)13(20)8-4-2-1-3-5-8/h1-7H,19H2. The Bertz CT molecular complexity index is 653. The quantitative estimate of drug-likeness (QED) is 0.653. The normalized spacial score (nSPS) is 11.4. The van der Waals surface area contributed by atoms with Crippen LogP contribution >= 0.6 is 15.9 Å². The third-order valence-corrected chi connectivity index (χ3v) is 3.16. The van der Waals surface area contributed by atoms with Gasteiger partial charge in [-0.3, -0.25) is 4.79 Å². The molecule has 0 unspecified atom stereocenters. The van der Waals surface area contributed by atoms with Crippen LogP contribution in [0.3, 0.4) is 0 Å². The summed E-state index contributed by atoms with van der Waals surface area (Å²) in [7, 11) is 0. The average Bonchev–Trinajstić information content (AvgIpc) is 2.36. The lowest BCUT2D eigenvalue weighted by Gasteiger charge is -2.15. The zero-order chi connectivity index (χ0) is 14.9. The number of ketones is 1. The molecule has 0 aromatic heterocycles. The molecule has 6 heteroatoms. The van der Waals surface area contributed by atoms with Crippen molar-refractivity contribution in [3.8, 4) is 0 Å². The van der Waals surface area contributed by atoms with Gasteiger partial charge in [0.15, 0.2) is 5.78 Å². The highest BCUT2D eigenvalue weighted by molar-refractivity contribution is 9.10. The smallest absolute Gasteiger partial charge is 0.398 e. The second-order valence-electron chi connectivity index (χ2n) is 4.11. The van der Waals surface area contributed by atoms with Crippen LogP contribution in [0.25, 0.3) is 0 Å².